The standard InChI is InChI=1S/C20H21N2O2S/c1-23-17-8-4-15(5-9-17)19-14-22(20-21(19)12-3-13-25-20)16-6-10-18(24-2)11-7-16/h4-11,14H,3,12-13H2,1-2H3/q+1. The summed E-state index contributed by atoms with van der Waals surface area (Å²) >= 11 is 1.91. The summed E-state index contributed by atoms with van der Waals surface area (Å²) in [5.41, 5.74) is 3.59. The summed E-state index contributed by atoms with van der Waals surface area (Å²) in [7, 11) is 3.39. The van der Waals surface area contributed by atoms with E-state index in [-0.39, 0.29) is 0 Å². The van der Waals surface area contributed by atoms with Gasteiger partial charge in [-0.05, 0) is 66.7 Å². The maximum absolute atomic E-state index is 5.29. The SMILES string of the molecule is COc1ccc(-c2cn(-c3ccc(OC)cc3)c3[n+]2CCCS3)cc1. The molecule has 3 aromatic rings. The highest BCUT2D eigenvalue weighted by Crippen LogP contribution is 2.30. The smallest absolute Gasteiger partial charge is 0.323 e. The first-order valence-corrected chi connectivity index (χ1v) is 9.35. The van der Waals surface area contributed by atoms with Crippen LogP contribution in [0.25, 0.3) is 16.9 Å². The van der Waals surface area contributed by atoms with Crippen molar-refractivity contribution in [2.75, 3.05) is 20.0 Å². The van der Waals surface area contributed by atoms with Gasteiger partial charge in [-0.25, -0.2) is 4.57 Å². The van der Waals surface area contributed by atoms with Crippen LogP contribution in [-0.2, 0) is 6.54 Å². The largest absolute Gasteiger partial charge is 0.497 e. The molecule has 1 aliphatic heterocycles. The Hall–Kier alpha value is -2.40. The Morgan fingerprint density at radius 3 is 2.20 bits per heavy atom. The molecule has 0 unspecified atom stereocenters. The molecule has 2 aromatic carbocycles. The van der Waals surface area contributed by atoms with Crippen molar-refractivity contribution < 1.29 is 14.0 Å². The molecule has 0 fully saturated rings. The summed E-state index contributed by atoms with van der Waals surface area (Å²) in [4.78, 5) is 0. The van der Waals surface area contributed by atoms with Gasteiger partial charge in [0.25, 0.3) is 0 Å². The van der Waals surface area contributed by atoms with Crippen LogP contribution in [0.15, 0.2) is 59.9 Å². The molecule has 4 rings (SSSR count). The van der Waals surface area contributed by atoms with Gasteiger partial charge >= 0.3 is 5.16 Å². The van der Waals surface area contributed by atoms with Crippen LogP contribution in [0.1, 0.15) is 6.42 Å². The average molecular weight is 353 g/mol. The summed E-state index contributed by atoms with van der Waals surface area (Å²) in [5, 5.41) is 1.28. The Labute approximate surface area is 152 Å². The Morgan fingerprint density at radius 2 is 1.56 bits per heavy atom. The van der Waals surface area contributed by atoms with Gasteiger partial charge in [0.05, 0.1) is 20.8 Å². The second-order valence-electron chi connectivity index (χ2n) is 5.95. The summed E-state index contributed by atoms with van der Waals surface area (Å²) in [6.07, 6.45) is 3.43. The normalized spacial score (nSPS) is 13.4. The molecular weight excluding hydrogens is 332 g/mol. The quantitative estimate of drug-likeness (QED) is 0.665. The van der Waals surface area contributed by atoms with E-state index in [9.17, 15) is 0 Å². The second kappa shape index (κ2) is 6.84. The molecule has 0 N–H and O–H groups in total. The lowest BCUT2D eigenvalue weighted by Crippen LogP contribution is -2.40. The van der Waals surface area contributed by atoms with E-state index < -0.39 is 0 Å². The predicted molar refractivity (Wildman–Crippen MR) is 99.8 cm³/mol. The van der Waals surface area contributed by atoms with E-state index in [2.05, 4.69) is 39.6 Å². The lowest BCUT2D eigenvalue weighted by Gasteiger charge is -2.11. The van der Waals surface area contributed by atoms with Gasteiger partial charge in [0.15, 0.2) is 5.69 Å². The molecule has 128 valence electrons. The van der Waals surface area contributed by atoms with Crippen molar-refractivity contribution in [3.8, 4) is 28.4 Å². The second-order valence-corrected chi connectivity index (χ2v) is 7.01. The zero-order valence-electron chi connectivity index (χ0n) is 14.4. The van der Waals surface area contributed by atoms with E-state index in [0.29, 0.717) is 0 Å². The lowest BCUT2D eigenvalue weighted by atomic mass is 10.1. The zero-order valence-corrected chi connectivity index (χ0v) is 15.3. The minimum atomic E-state index is 0.875. The molecule has 2 heterocycles. The third-order valence-corrected chi connectivity index (χ3v) is 5.64. The van der Waals surface area contributed by atoms with Crippen LogP contribution in [0.2, 0.25) is 0 Å². The third kappa shape index (κ3) is 3.00. The minimum Gasteiger partial charge on any atom is -0.497 e. The van der Waals surface area contributed by atoms with E-state index in [1.807, 2.05) is 36.0 Å². The molecule has 0 atom stereocenters. The fourth-order valence-electron chi connectivity index (χ4n) is 3.15. The number of fused-ring (bicyclic) bond motifs is 1. The molecule has 1 aromatic heterocycles. The average Bonchev–Trinajstić information content (AvgIpc) is 3.08. The summed E-state index contributed by atoms with van der Waals surface area (Å²) in [6.45, 7) is 1.05. The molecule has 0 spiro atoms. The molecule has 25 heavy (non-hydrogen) atoms. The van der Waals surface area contributed by atoms with Gasteiger partial charge < -0.3 is 9.47 Å². The van der Waals surface area contributed by atoms with Gasteiger partial charge in [0.1, 0.15) is 23.4 Å². The molecule has 0 amide bonds. The fraction of sp³-hybridized carbons (Fsp3) is 0.250. The number of benzene rings is 2. The molecule has 0 saturated carbocycles. The van der Waals surface area contributed by atoms with Crippen LogP contribution < -0.4 is 14.0 Å². The number of imidazole rings is 1. The molecule has 1 aliphatic rings. The van der Waals surface area contributed by atoms with Crippen molar-refractivity contribution in [2.24, 2.45) is 0 Å². The maximum Gasteiger partial charge on any atom is 0.323 e. The van der Waals surface area contributed by atoms with Crippen LogP contribution in [-0.4, -0.2) is 24.5 Å². The maximum atomic E-state index is 5.29. The Morgan fingerprint density at radius 1 is 0.920 bits per heavy atom. The van der Waals surface area contributed by atoms with Crippen LogP contribution in [0.5, 0.6) is 11.5 Å². The topological polar surface area (TPSA) is 27.3 Å². The number of hydrogen-bond acceptors (Lipinski definition) is 3. The van der Waals surface area contributed by atoms with Crippen molar-refractivity contribution in [1.29, 1.82) is 0 Å². The number of nitrogens with zero attached hydrogens (tertiary/aromatic N) is 2. The molecule has 0 bridgehead atoms. The van der Waals surface area contributed by atoms with Gasteiger partial charge in [0.2, 0.25) is 0 Å². The van der Waals surface area contributed by atoms with Crippen LogP contribution >= 0.6 is 11.8 Å². The minimum absolute atomic E-state index is 0.875. The molecule has 4 nitrogen and oxygen atoms in total. The van der Waals surface area contributed by atoms with E-state index >= 15 is 0 Å². The monoisotopic (exact) mass is 353 g/mol. The Kier molecular flexibility index (Phi) is 4.40. The lowest BCUT2D eigenvalue weighted by molar-refractivity contribution is -0.724. The van der Waals surface area contributed by atoms with Crippen LogP contribution in [0.4, 0.5) is 0 Å². The number of rotatable bonds is 4. The van der Waals surface area contributed by atoms with E-state index in [0.717, 1.165) is 29.5 Å². The highest BCUT2D eigenvalue weighted by Gasteiger charge is 2.28. The predicted octanol–water partition coefficient (Wildman–Crippen LogP) is 3.94. The first kappa shape index (κ1) is 16.1. The highest BCUT2D eigenvalue weighted by atomic mass is 32.2. The van der Waals surface area contributed by atoms with Crippen molar-refractivity contribution in [1.82, 2.24) is 4.57 Å². The van der Waals surface area contributed by atoms with Gasteiger partial charge in [0, 0.05) is 11.3 Å². The van der Waals surface area contributed by atoms with Crippen LogP contribution in [0, 0.1) is 0 Å². The number of aromatic nitrogens is 2. The number of ether oxygens (including phenoxy) is 2. The van der Waals surface area contributed by atoms with E-state index in [1.165, 1.54) is 22.8 Å². The molecular formula is C20H21N2O2S+. The summed E-state index contributed by atoms with van der Waals surface area (Å²) in [5.74, 6) is 2.91. The Balaban J connectivity index is 1.81. The third-order valence-electron chi connectivity index (χ3n) is 4.47. The first-order chi connectivity index (χ1) is 12.3. The highest BCUT2D eigenvalue weighted by molar-refractivity contribution is 7.99. The number of methoxy groups -OCH3 is 2. The summed E-state index contributed by atoms with van der Waals surface area (Å²) < 4.78 is 15.3. The van der Waals surface area contributed by atoms with Gasteiger partial charge in [-0.2, -0.15) is 4.57 Å². The van der Waals surface area contributed by atoms with Gasteiger partial charge in [-0.15, -0.1) is 0 Å². The summed E-state index contributed by atoms with van der Waals surface area (Å²) in [6, 6.07) is 16.5. The van der Waals surface area contributed by atoms with Crippen LogP contribution in [0.3, 0.4) is 0 Å². The fourth-order valence-corrected chi connectivity index (χ4v) is 4.25. The van der Waals surface area contributed by atoms with Gasteiger partial charge in [-0.1, -0.05) is 0 Å². The Bertz CT molecular complexity index is 798. The van der Waals surface area contributed by atoms with Gasteiger partial charge in [-0.3, -0.25) is 0 Å². The van der Waals surface area contributed by atoms with Crippen molar-refractivity contribution in [3.63, 3.8) is 0 Å². The number of thioether (sulfide) groups is 1. The number of hydrogen-bond donors (Lipinski definition) is 0. The molecule has 5 heteroatoms. The molecule has 0 saturated heterocycles. The van der Waals surface area contributed by atoms with Crippen molar-refractivity contribution in [2.45, 2.75) is 18.1 Å². The van der Waals surface area contributed by atoms with Crippen molar-refractivity contribution in [3.05, 3.63) is 54.7 Å². The molecule has 0 aliphatic carbocycles. The zero-order chi connectivity index (χ0) is 17.2. The van der Waals surface area contributed by atoms with Crippen molar-refractivity contribution >= 4 is 11.8 Å². The first-order valence-electron chi connectivity index (χ1n) is 8.37. The molecule has 0 radical (unpaired) electrons. The van der Waals surface area contributed by atoms with E-state index in [1.54, 1.807) is 14.2 Å². The van der Waals surface area contributed by atoms with E-state index in [4.69, 9.17) is 9.47 Å².